The maximum Gasteiger partial charge on any atom is 0.333 e. The van der Waals surface area contributed by atoms with Gasteiger partial charge < -0.3 is 10.0 Å². The second-order valence-corrected chi connectivity index (χ2v) is 16.8. The highest BCUT2D eigenvalue weighted by Crippen LogP contribution is 2.58. The predicted octanol–water partition coefficient (Wildman–Crippen LogP) is 6.15. The average molecular weight is 744 g/mol. The van der Waals surface area contributed by atoms with Crippen LogP contribution in [0.25, 0.3) is 5.57 Å². The fraction of sp³-hybridized carbons (Fsp3) is 0.412. The van der Waals surface area contributed by atoms with Gasteiger partial charge in [-0.3, -0.25) is 9.98 Å². The summed E-state index contributed by atoms with van der Waals surface area (Å²) in [5.74, 6) is -0.524. The van der Waals surface area contributed by atoms with Crippen molar-refractivity contribution in [3.8, 4) is 0 Å². The Morgan fingerprint density at radius 1 is 1.12 bits per heavy atom. The maximum absolute atomic E-state index is 14.2. The molecule has 2 bridgehead atoms. The van der Waals surface area contributed by atoms with Crippen molar-refractivity contribution < 1.29 is 26.7 Å². The fourth-order valence-electron chi connectivity index (χ4n) is 8.53. The van der Waals surface area contributed by atoms with Crippen LogP contribution >= 0.6 is 22.9 Å². The van der Waals surface area contributed by atoms with Crippen molar-refractivity contribution in [3.63, 3.8) is 0 Å². The van der Waals surface area contributed by atoms with E-state index < -0.39 is 45.3 Å². The normalized spacial score (nSPS) is 29.5. The Labute approximate surface area is 295 Å². The van der Waals surface area contributed by atoms with Crippen molar-refractivity contribution >= 4 is 44.4 Å². The lowest BCUT2D eigenvalue weighted by atomic mass is 9.71. The molecule has 0 radical (unpaired) electrons. The number of alkyl halides is 2. The summed E-state index contributed by atoms with van der Waals surface area (Å²) in [4.78, 5) is 15.8. The summed E-state index contributed by atoms with van der Waals surface area (Å²) in [6, 6.07) is 9.34. The van der Waals surface area contributed by atoms with Crippen LogP contribution in [0.1, 0.15) is 67.2 Å². The number of thiazole rings is 1. The van der Waals surface area contributed by atoms with E-state index in [9.17, 15) is 26.7 Å². The van der Waals surface area contributed by atoms with Gasteiger partial charge in [-0.1, -0.05) is 30.7 Å². The number of fused-ring (bicyclic) bond motifs is 3. The van der Waals surface area contributed by atoms with E-state index >= 15 is 0 Å². The van der Waals surface area contributed by atoms with Gasteiger partial charge in [-0.15, -0.1) is 11.3 Å². The van der Waals surface area contributed by atoms with E-state index in [1.165, 1.54) is 41.8 Å². The first-order chi connectivity index (χ1) is 23.9. The molecule has 7 atom stereocenters. The molecule has 0 spiro atoms. The lowest BCUT2D eigenvalue weighted by Crippen LogP contribution is -2.51. The molecule has 16 heteroatoms. The van der Waals surface area contributed by atoms with Gasteiger partial charge in [0.1, 0.15) is 17.5 Å². The van der Waals surface area contributed by atoms with Crippen molar-refractivity contribution in [1.29, 1.82) is 0 Å². The monoisotopic (exact) mass is 743 g/mol. The Balaban J connectivity index is 1.15. The first-order valence-corrected chi connectivity index (χ1v) is 19.2. The molecule has 0 amide bonds. The minimum Gasteiger partial charge on any atom is -0.383 e. The number of aliphatic hydroxyl groups is 1. The minimum absolute atomic E-state index is 0.0964. The van der Waals surface area contributed by atoms with Gasteiger partial charge in [0.05, 0.1) is 16.6 Å². The molecule has 8 rings (SSSR count). The largest absolute Gasteiger partial charge is 0.383 e. The molecule has 2 aliphatic heterocycles. The number of amidine groups is 1. The Morgan fingerprint density at radius 3 is 2.64 bits per heavy atom. The molecule has 1 aromatic carbocycles. The summed E-state index contributed by atoms with van der Waals surface area (Å²) in [5.41, 5.74) is 1.13. The van der Waals surface area contributed by atoms with Gasteiger partial charge in [0, 0.05) is 64.8 Å². The molecule has 5 heterocycles. The van der Waals surface area contributed by atoms with Crippen molar-refractivity contribution in [3.05, 3.63) is 105 Å². The van der Waals surface area contributed by atoms with Crippen LogP contribution in [0.5, 0.6) is 0 Å². The summed E-state index contributed by atoms with van der Waals surface area (Å²) >= 11 is 7.91. The molecule has 1 saturated heterocycles. The topological polar surface area (TPSA) is 126 Å². The summed E-state index contributed by atoms with van der Waals surface area (Å²) in [7, 11) is -3.89. The van der Waals surface area contributed by atoms with Crippen molar-refractivity contribution in [2.75, 3.05) is 6.54 Å². The zero-order chi connectivity index (χ0) is 34.9. The molecule has 3 aromatic heterocycles. The third-order valence-corrected chi connectivity index (χ3v) is 13.7. The number of benzene rings is 1. The van der Waals surface area contributed by atoms with E-state index in [0.717, 1.165) is 0 Å². The van der Waals surface area contributed by atoms with Crippen LogP contribution in [-0.4, -0.2) is 61.8 Å². The predicted molar refractivity (Wildman–Crippen MR) is 182 cm³/mol. The summed E-state index contributed by atoms with van der Waals surface area (Å²) < 4.78 is 73.5. The number of nitrogens with zero attached hydrogens (tertiary/aromatic N) is 6. The Bertz CT molecular complexity index is 2100. The van der Waals surface area contributed by atoms with Crippen molar-refractivity contribution in [1.82, 2.24) is 29.4 Å². The molecule has 10 nitrogen and oxygen atoms in total. The Hall–Kier alpha value is -3.63. The number of nitrogens with one attached hydrogen (secondary N) is 1. The third kappa shape index (κ3) is 5.57. The number of rotatable bonds is 8. The number of sulfonamides is 1. The van der Waals surface area contributed by atoms with Crippen LogP contribution in [0.2, 0.25) is 5.02 Å². The smallest absolute Gasteiger partial charge is 0.333 e. The van der Waals surface area contributed by atoms with Crippen LogP contribution < -0.4 is 4.72 Å². The van der Waals surface area contributed by atoms with E-state index in [1.54, 1.807) is 23.8 Å². The maximum atomic E-state index is 14.2. The first-order valence-electron chi connectivity index (χ1n) is 16.4. The molecular weight excluding hydrogens is 711 g/mol. The standard InChI is InChI=1S/C34H33ClF3N7O3S2/c1-18-12-19-13-22(16-24(18)34(19,46)28-4-2-3-8-39-28)50(47,48)43-21-15-27-29(26-7-10-45(42-26)33(37)38)30(23-6-5-20(36)14-25(23)35)41-31(44(27)17-21)32-40-9-11-49-32/h2-11,14,18-19,21-22,24,30,33,43,46H,12-13,15-17H2,1H3/t18-,19?,21-,22+,24?,30-,34+/m0/s1. The zero-order valence-electron chi connectivity index (χ0n) is 26.7. The molecule has 4 aromatic rings. The van der Waals surface area contributed by atoms with E-state index in [0.29, 0.717) is 44.5 Å². The SMILES string of the molecule is C[C@H]1CC2C[C@@H](S(=O)(=O)N[C@H]3CC4=C(c5ccn(C(F)F)n5)[C@H](c5ccc(F)cc5Cl)N=C(c5nccs5)N4C3)CC1[C@@]2(O)c1ccccn1. The van der Waals surface area contributed by atoms with Crippen LogP contribution in [0.3, 0.4) is 0 Å². The summed E-state index contributed by atoms with van der Waals surface area (Å²) in [6.45, 7) is -0.630. The lowest BCUT2D eigenvalue weighted by molar-refractivity contribution is -0.0734. The highest BCUT2D eigenvalue weighted by atomic mass is 35.5. The number of hydrogen-bond donors (Lipinski definition) is 2. The lowest BCUT2D eigenvalue weighted by Gasteiger charge is -2.42. The fourth-order valence-corrected chi connectivity index (χ4v) is 11.2. The molecule has 3 fully saturated rings. The quantitative estimate of drug-likeness (QED) is 0.222. The molecular formula is C34H33ClF3N7O3S2. The minimum atomic E-state index is -3.89. The number of aromatic nitrogens is 4. The molecule has 262 valence electrons. The van der Waals surface area contributed by atoms with E-state index in [4.69, 9.17) is 16.6 Å². The average Bonchev–Trinajstić information content (AvgIpc) is 3.88. The van der Waals surface area contributed by atoms with Crippen molar-refractivity contribution in [2.45, 2.75) is 62.1 Å². The second-order valence-electron chi connectivity index (χ2n) is 13.5. The number of halogens is 4. The van der Waals surface area contributed by atoms with E-state index in [-0.39, 0.29) is 54.3 Å². The highest BCUT2D eigenvalue weighted by molar-refractivity contribution is 7.90. The van der Waals surface area contributed by atoms with Gasteiger partial charge in [-0.05, 0) is 67.3 Å². The highest BCUT2D eigenvalue weighted by Gasteiger charge is 2.60. The number of pyridine rings is 1. The van der Waals surface area contributed by atoms with Gasteiger partial charge in [0.15, 0.2) is 10.8 Å². The van der Waals surface area contributed by atoms with Crippen LogP contribution in [-0.2, 0) is 15.6 Å². The van der Waals surface area contributed by atoms with Crippen LogP contribution in [0.15, 0.2) is 77.1 Å². The number of aliphatic imine (C=N–C) groups is 1. The van der Waals surface area contributed by atoms with Gasteiger partial charge in [-0.2, -0.15) is 13.9 Å². The Morgan fingerprint density at radius 2 is 1.96 bits per heavy atom. The molecule has 2 aliphatic carbocycles. The summed E-state index contributed by atoms with van der Waals surface area (Å²) in [6.07, 6.45) is 5.91. The first kappa shape index (κ1) is 33.5. The molecule has 50 heavy (non-hydrogen) atoms. The van der Waals surface area contributed by atoms with Gasteiger partial charge >= 0.3 is 6.55 Å². The van der Waals surface area contributed by atoms with E-state index in [1.807, 2.05) is 17.0 Å². The third-order valence-electron chi connectivity index (χ3n) is 10.7. The summed E-state index contributed by atoms with van der Waals surface area (Å²) in [5, 5.41) is 17.9. The zero-order valence-corrected chi connectivity index (χ0v) is 29.1. The molecule has 2 unspecified atom stereocenters. The van der Waals surface area contributed by atoms with Gasteiger partial charge in [0.25, 0.3) is 0 Å². The molecule has 4 aliphatic rings. The van der Waals surface area contributed by atoms with Gasteiger partial charge in [0.2, 0.25) is 10.0 Å². The van der Waals surface area contributed by atoms with Gasteiger partial charge in [-0.25, -0.2) is 27.2 Å². The molecule has 2 N–H and O–H groups in total. The van der Waals surface area contributed by atoms with Crippen molar-refractivity contribution in [2.24, 2.45) is 22.7 Å². The Kier molecular flexibility index (Phi) is 8.41. The van der Waals surface area contributed by atoms with Crippen LogP contribution in [0.4, 0.5) is 13.2 Å². The van der Waals surface area contributed by atoms with E-state index in [2.05, 4.69) is 26.7 Å². The van der Waals surface area contributed by atoms with Crippen LogP contribution in [0, 0.1) is 23.6 Å². The molecule has 2 saturated carbocycles. The second kappa shape index (κ2) is 12.5. The number of hydrogen-bond acceptors (Lipinski definition) is 9.